The molecule has 8 heteroatoms. The molecule has 0 aliphatic carbocycles. The number of esters is 1. The van der Waals surface area contributed by atoms with Crippen molar-refractivity contribution in [3.05, 3.63) is 69.7 Å². The van der Waals surface area contributed by atoms with Crippen molar-refractivity contribution in [3.63, 3.8) is 0 Å². The lowest BCUT2D eigenvalue weighted by atomic mass is 10.2. The summed E-state index contributed by atoms with van der Waals surface area (Å²) in [5, 5.41) is 3.60. The minimum absolute atomic E-state index is 0.343. The van der Waals surface area contributed by atoms with Gasteiger partial charge in [-0.2, -0.15) is 0 Å². The predicted molar refractivity (Wildman–Crippen MR) is 106 cm³/mol. The van der Waals surface area contributed by atoms with Crippen LogP contribution >= 0.6 is 11.6 Å². The number of benzene rings is 2. The number of amides is 1. The van der Waals surface area contributed by atoms with Gasteiger partial charge in [0, 0.05) is 10.7 Å². The minimum Gasteiger partial charge on any atom is -0.451 e. The van der Waals surface area contributed by atoms with Crippen molar-refractivity contribution in [2.24, 2.45) is 0 Å². The second-order valence-electron chi connectivity index (χ2n) is 6.23. The SMILES string of the molecule is Cc1c(Cl)cccc1NC(=O)[C@@H](C)OC(=O)Cn1cnc2ccccc2c1=O. The first-order valence-electron chi connectivity index (χ1n) is 8.56. The quantitative estimate of drug-likeness (QED) is 0.666. The molecule has 0 saturated carbocycles. The lowest BCUT2D eigenvalue weighted by Crippen LogP contribution is -2.33. The number of fused-ring (bicyclic) bond motifs is 1. The van der Waals surface area contributed by atoms with Crippen LogP contribution in [0.2, 0.25) is 5.02 Å². The topological polar surface area (TPSA) is 90.3 Å². The molecule has 0 fully saturated rings. The van der Waals surface area contributed by atoms with Crippen molar-refractivity contribution in [3.8, 4) is 0 Å². The lowest BCUT2D eigenvalue weighted by Gasteiger charge is -2.15. The minimum atomic E-state index is -1.05. The number of carbonyl (C=O) groups excluding carboxylic acids is 2. The molecule has 0 radical (unpaired) electrons. The number of hydrogen-bond acceptors (Lipinski definition) is 5. The molecule has 0 aliphatic rings. The highest BCUT2D eigenvalue weighted by Crippen LogP contribution is 2.23. The number of nitrogens with zero attached hydrogens (tertiary/aromatic N) is 2. The van der Waals surface area contributed by atoms with E-state index in [1.54, 1.807) is 49.4 Å². The Labute approximate surface area is 165 Å². The second kappa shape index (κ2) is 8.22. The van der Waals surface area contributed by atoms with Crippen molar-refractivity contribution in [2.75, 3.05) is 5.32 Å². The Bertz CT molecular complexity index is 1110. The summed E-state index contributed by atoms with van der Waals surface area (Å²) in [6, 6.07) is 12.0. The molecule has 1 heterocycles. The first-order valence-corrected chi connectivity index (χ1v) is 8.94. The average molecular weight is 400 g/mol. The van der Waals surface area contributed by atoms with E-state index in [2.05, 4.69) is 10.3 Å². The lowest BCUT2D eigenvalue weighted by molar-refractivity contribution is -0.153. The van der Waals surface area contributed by atoms with E-state index in [0.717, 1.165) is 4.57 Å². The molecule has 0 spiro atoms. The van der Waals surface area contributed by atoms with Gasteiger partial charge in [-0.25, -0.2) is 4.98 Å². The summed E-state index contributed by atoms with van der Waals surface area (Å²) >= 11 is 6.03. The fourth-order valence-electron chi connectivity index (χ4n) is 2.62. The Morgan fingerprint density at radius 2 is 1.96 bits per heavy atom. The van der Waals surface area contributed by atoms with Crippen LogP contribution in [0.3, 0.4) is 0 Å². The van der Waals surface area contributed by atoms with Crippen LogP contribution in [0.4, 0.5) is 5.69 Å². The molecule has 1 amide bonds. The third-order valence-electron chi connectivity index (χ3n) is 4.23. The summed E-state index contributed by atoms with van der Waals surface area (Å²) < 4.78 is 6.30. The van der Waals surface area contributed by atoms with Gasteiger partial charge in [0.2, 0.25) is 0 Å². The molecule has 3 aromatic rings. The normalized spacial score (nSPS) is 11.8. The van der Waals surface area contributed by atoms with Crippen LogP contribution in [0.1, 0.15) is 12.5 Å². The van der Waals surface area contributed by atoms with E-state index in [0.29, 0.717) is 27.2 Å². The zero-order valence-corrected chi connectivity index (χ0v) is 16.1. The Balaban J connectivity index is 1.66. The molecular weight excluding hydrogens is 382 g/mol. The van der Waals surface area contributed by atoms with E-state index >= 15 is 0 Å². The van der Waals surface area contributed by atoms with Crippen molar-refractivity contribution in [1.82, 2.24) is 9.55 Å². The van der Waals surface area contributed by atoms with Crippen LogP contribution in [-0.2, 0) is 20.9 Å². The number of aromatic nitrogens is 2. The van der Waals surface area contributed by atoms with Gasteiger partial charge < -0.3 is 10.1 Å². The maximum Gasteiger partial charge on any atom is 0.326 e. The highest BCUT2D eigenvalue weighted by atomic mass is 35.5. The van der Waals surface area contributed by atoms with Crippen molar-refractivity contribution in [2.45, 2.75) is 26.5 Å². The molecule has 0 unspecified atom stereocenters. The van der Waals surface area contributed by atoms with E-state index in [1.165, 1.54) is 13.3 Å². The van der Waals surface area contributed by atoms with Crippen LogP contribution in [0.25, 0.3) is 10.9 Å². The fraction of sp³-hybridized carbons (Fsp3) is 0.200. The van der Waals surface area contributed by atoms with Gasteiger partial charge in [0.1, 0.15) is 6.54 Å². The van der Waals surface area contributed by atoms with Crippen LogP contribution in [0.15, 0.2) is 53.6 Å². The average Bonchev–Trinajstić information content (AvgIpc) is 2.67. The largest absolute Gasteiger partial charge is 0.451 e. The summed E-state index contributed by atoms with van der Waals surface area (Å²) in [7, 11) is 0. The number of carbonyl (C=O) groups is 2. The molecule has 0 saturated heterocycles. The van der Waals surface area contributed by atoms with Gasteiger partial charge >= 0.3 is 5.97 Å². The molecule has 2 aromatic carbocycles. The van der Waals surface area contributed by atoms with Gasteiger partial charge in [0.05, 0.1) is 17.2 Å². The summed E-state index contributed by atoms with van der Waals surface area (Å²) in [6.07, 6.45) is 0.237. The molecule has 0 bridgehead atoms. The first kappa shape index (κ1) is 19.6. The van der Waals surface area contributed by atoms with Gasteiger partial charge in [0.25, 0.3) is 11.5 Å². The fourth-order valence-corrected chi connectivity index (χ4v) is 2.80. The predicted octanol–water partition coefficient (Wildman–Crippen LogP) is 2.93. The van der Waals surface area contributed by atoms with Crippen LogP contribution < -0.4 is 10.9 Å². The maximum absolute atomic E-state index is 12.4. The van der Waals surface area contributed by atoms with Crippen molar-refractivity contribution >= 4 is 40.1 Å². The standard InChI is InChI=1S/C20H18ClN3O4/c1-12-15(21)7-5-9-16(12)23-19(26)13(2)28-18(25)10-24-11-22-17-8-4-3-6-14(17)20(24)27/h3-9,11,13H,10H2,1-2H3,(H,23,26)/t13-/m1/s1. The number of hydrogen-bond donors (Lipinski definition) is 1. The van der Waals surface area contributed by atoms with Gasteiger partial charge in [-0.1, -0.05) is 29.8 Å². The smallest absolute Gasteiger partial charge is 0.326 e. The number of para-hydroxylation sites is 1. The van der Waals surface area contributed by atoms with Crippen LogP contribution in [0, 0.1) is 6.92 Å². The Morgan fingerprint density at radius 1 is 1.21 bits per heavy atom. The van der Waals surface area contributed by atoms with E-state index in [4.69, 9.17) is 16.3 Å². The molecule has 7 nitrogen and oxygen atoms in total. The van der Waals surface area contributed by atoms with Gasteiger partial charge in [-0.15, -0.1) is 0 Å². The van der Waals surface area contributed by atoms with Crippen molar-refractivity contribution in [1.29, 1.82) is 0 Å². The van der Waals surface area contributed by atoms with Crippen molar-refractivity contribution < 1.29 is 14.3 Å². The van der Waals surface area contributed by atoms with Gasteiger partial charge in [-0.05, 0) is 43.7 Å². The maximum atomic E-state index is 12.4. The third kappa shape index (κ3) is 4.20. The van der Waals surface area contributed by atoms with Crippen LogP contribution in [-0.4, -0.2) is 27.5 Å². The van der Waals surface area contributed by atoms with E-state index < -0.39 is 18.0 Å². The molecular formula is C20H18ClN3O4. The Hall–Kier alpha value is -3.19. The highest BCUT2D eigenvalue weighted by Gasteiger charge is 2.19. The molecule has 1 atom stereocenters. The zero-order chi connectivity index (χ0) is 20.3. The van der Waals surface area contributed by atoms with E-state index in [1.807, 2.05) is 0 Å². The van der Waals surface area contributed by atoms with Gasteiger partial charge in [0.15, 0.2) is 6.10 Å². The zero-order valence-electron chi connectivity index (χ0n) is 15.3. The molecule has 3 rings (SSSR count). The molecule has 1 aromatic heterocycles. The summed E-state index contributed by atoms with van der Waals surface area (Å²) in [4.78, 5) is 41.0. The Morgan fingerprint density at radius 3 is 2.75 bits per heavy atom. The summed E-state index contributed by atoms with van der Waals surface area (Å²) in [5.41, 5.74) is 1.44. The number of anilines is 1. The van der Waals surface area contributed by atoms with E-state index in [9.17, 15) is 14.4 Å². The molecule has 0 aliphatic heterocycles. The highest BCUT2D eigenvalue weighted by molar-refractivity contribution is 6.31. The number of ether oxygens (including phenoxy) is 1. The Kier molecular flexibility index (Phi) is 5.75. The number of rotatable bonds is 5. The second-order valence-corrected chi connectivity index (χ2v) is 6.64. The van der Waals surface area contributed by atoms with Crippen LogP contribution in [0.5, 0.6) is 0 Å². The number of halogens is 1. The molecule has 144 valence electrons. The number of nitrogens with one attached hydrogen (secondary N) is 1. The monoisotopic (exact) mass is 399 g/mol. The summed E-state index contributed by atoms with van der Waals surface area (Å²) in [6.45, 7) is 2.88. The molecule has 28 heavy (non-hydrogen) atoms. The van der Waals surface area contributed by atoms with Gasteiger partial charge in [-0.3, -0.25) is 19.0 Å². The summed E-state index contributed by atoms with van der Waals surface area (Å²) in [5.74, 6) is -1.22. The molecule has 1 N–H and O–H groups in total. The van der Waals surface area contributed by atoms with E-state index in [-0.39, 0.29) is 12.1 Å². The first-order chi connectivity index (χ1) is 13.4. The third-order valence-corrected chi connectivity index (χ3v) is 4.64.